The highest BCUT2D eigenvalue weighted by atomic mass is 19.2. The lowest BCUT2D eigenvalue weighted by atomic mass is 10.3. The molecule has 0 aromatic heterocycles. The Balaban J connectivity index is 2.86. The Morgan fingerprint density at radius 2 is 1.81 bits per heavy atom. The normalized spacial score (nSPS) is 10.0. The second-order valence-electron chi connectivity index (χ2n) is 3.03. The van der Waals surface area contributed by atoms with Gasteiger partial charge in [0.15, 0.2) is 17.4 Å². The number of benzene rings is 1. The van der Waals surface area contributed by atoms with E-state index in [1.54, 1.807) is 0 Å². The molecule has 0 bridgehead atoms. The Morgan fingerprint density at radius 3 is 2.38 bits per heavy atom. The van der Waals surface area contributed by atoms with Crippen LogP contribution in [0.25, 0.3) is 0 Å². The molecule has 0 heterocycles. The first-order valence-electron chi connectivity index (χ1n) is 4.25. The Kier molecular flexibility index (Phi) is 3.65. The predicted octanol–water partition coefficient (Wildman–Crippen LogP) is 1.99. The van der Waals surface area contributed by atoms with E-state index in [1.807, 2.05) is 0 Å². The van der Waals surface area contributed by atoms with Crippen molar-refractivity contribution in [2.75, 3.05) is 0 Å². The number of ether oxygens (including phenoxy) is 1. The van der Waals surface area contributed by atoms with Crippen molar-refractivity contribution in [1.29, 1.82) is 0 Å². The fourth-order valence-corrected chi connectivity index (χ4v) is 0.949. The van der Waals surface area contributed by atoms with Crippen LogP contribution in [-0.4, -0.2) is 11.8 Å². The van der Waals surface area contributed by atoms with Gasteiger partial charge >= 0.3 is 5.97 Å². The zero-order chi connectivity index (χ0) is 12.3. The maximum absolute atomic E-state index is 13.0. The molecule has 0 aliphatic heterocycles. The van der Waals surface area contributed by atoms with E-state index in [2.05, 4.69) is 4.74 Å². The van der Waals surface area contributed by atoms with E-state index in [9.17, 15) is 22.8 Å². The largest absolute Gasteiger partial charge is 0.423 e. The maximum atomic E-state index is 13.0. The van der Waals surface area contributed by atoms with Gasteiger partial charge in [-0.05, 0) is 19.1 Å². The van der Waals surface area contributed by atoms with E-state index < -0.39 is 41.4 Å². The SMILES string of the molecule is CC(=O)CC(=O)Oc1ccc(F)c(F)c1F. The predicted molar refractivity (Wildman–Crippen MR) is 47.2 cm³/mol. The summed E-state index contributed by atoms with van der Waals surface area (Å²) in [5.74, 6) is -6.97. The Labute approximate surface area is 88.8 Å². The van der Waals surface area contributed by atoms with Crippen molar-refractivity contribution >= 4 is 11.8 Å². The van der Waals surface area contributed by atoms with Gasteiger partial charge in [-0.2, -0.15) is 4.39 Å². The molecule has 0 N–H and O–H groups in total. The van der Waals surface area contributed by atoms with E-state index >= 15 is 0 Å². The highest BCUT2D eigenvalue weighted by Gasteiger charge is 2.17. The van der Waals surface area contributed by atoms with E-state index in [1.165, 1.54) is 0 Å². The molecule has 0 saturated heterocycles. The lowest BCUT2D eigenvalue weighted by molar-refractivity contribution is -0.137. The third-order valence-electron chi connectivity index (χ3n) is 1.62. The topological polar surface area (TPSA) is 43.4 Å². The van der Waals surface area contributed by atoms with Crippen molar-refractivity contribution in [3.05, 3.63) is 29.6 Å². The lowest BCUT2D eigenvalue weighted by Gasteiger charge is -2.04. The van der Waals surface area contributed by atoms with Crippen LogP contribution in [0.4, 0.5) is 13.2 Å². The van der Waals surface area contributed by atoms with Crippen LogP contribution >= 0.6 is 0 Å². The highest BCUT2D eigenvalue weighted by molar-refractivity contribution is 5.94. The Hall–Kier alpha value is -1.85. The van der Waals surface area contributed by atoms with Crippen molar-refractivity contribution in [3.63, 3.8) is 0 Å². The second kappa shape index (κ2) is 4.78. The fourth-order valence-electron chi connectivity index (χ4n) is 0.949. The van der Waals surface area contributed by atoms with Crippen LogP contribution in [-0.2, 0) is 9.59 Å². The average molecular weight is 232 g/mol. The minimum absolute atomic E-state index is 0.479. The van der Waals surface area contributed by atoms with Crippen LogP contribution in [0, 0.1) is 17.5 Å². The Bertz CT molecular complexity index is 443. The molecule has 1 aromatic rings. The summed E-state index contributed by atoms with van der Waals surface area (Å²) >= 11 is 0. The van der Waals surface area contributed by atoms with Gasteiger partial charge in [0.2, 0.25) is 5.82 Å². The summed E-state index contributed by atoms with van der Waals surface area (Å²) in [5.41, 5.74) is 0. The van der Waals surface area contributed by atoms with Gasteiger partial charge in [-0.25, -0.2) is 8.78 Å². The number of rotatable bonds is 3. The minimum atomic E-state index is -1.73. The first kappa shape index (κ1) is 12.2. The number of hydrogen-bond donors (Lipinski definition) is 0. The summed E-state index contributed by atoms with van der Waals surface area (Å²) in [6.45, 7) is 1.14. The first-order valence-corrected chi connectivity index (χ1v) is 4.25. The molecular weight excluding hydrogens is 225 g/mol. The molecule has 0 radical (unpaired) electrons. The van der Waals surface area contributed by atoms with Crippen molar-refractivity contribution in [3.8, 4) is 5.75 Å². The average Bonchev–Trinajstić information content (AvgIpc) is 2.18. The molecule has 0 spiro atoms. The smallest absolute Gasteiger partial charge is 0.318 e. The van der Waals surface area contributed by atoms with Crippen LogP contribution < -0.4 is 4.74 Å². The van der Waals surface area contributed by atoms with Crippen molar-refractivity contribution in [2.45, 2.75) is 13.3 Å². The standard InChI is InChI=1S/C10H7F3O3/c1-5(14)4-8(15)16-7-3-2-6(11)9(12)10(7)13/h2-3H,4H2,1H3. The molecule has 6 heteroatoms. The summed E-state index contributed by atoms with van der Waals surface area (Å²) in [7, 11) is 0. The molecule has 86 valence electrons. The van der Waals surface area contributed by atoms with Gasteiger partial charge in [-0.3, -0.25) is 9.59 Å². The number of carbonyl (C=O) groups is 2. The van der Waals surface area contributed by atoms with Crippen molar-refractivity contribution < 1.29 is 27.5 Å². The summed E-state index contributed by atoms with van der Waals surface area (Å²) in [5, 5.41) is 0. The fraction of sp³-hybridized carbons (Fsp3) is 0.200. The zero-order valence-electron chi connectivity index (χ0n) is 8.22. The third kappa shape index (κ3) is 2.82. The number of carbonyl (C=O) groups excluding carboxylic acids is 2. The second-order valence-corrected chi connectivity index (χ2v) is 3.03. The van der Waals surface area contributed by atoms with Gasteiger partial charge in [0.05, 0.1) is 0 Å². The van der Waals surface area contributed by atoms with Crippen LogP contribution in [0.3, 0.4) is 0 Å². The minimum Gasteiger partial charge on any atom is -0.423 e. The van der Waals surface area contributed by atoms with Gasteiger partial charge in [0.25, 0.3) is 0 Å². The van der Waals surface area contributed by atoms with Crippen molar-refractivity contribution in [1.82, 2.24) is 0 Å². The molecule has 0 aliphatic rings. The van der Waals surface area contributed by atoms with E-state index in [-0.39, 0.29) is 0 Å². The van der Waals surface area contributed by atoms with Crippen LogP contribution in [0.15, 0.2) is 12.1 Å². The molecule has 0 unspecified atom stereocenters. The molecule has 0 atom stereocenters. The summed E-state index contributed by atoms with van der Waals surface area (Å²) < 4.78 is 42.5. The number of esters is 1. The van der Waals surface area contributed by atoms with Gasteiger partial charge in [-0.15, -0.1) is 0 Å². The number of halogens is 3. The quantitative estimate of drug-likeness (QED) is 0.346. The number of Topliss-reactive ketones (excluding diaryl/α,β-unsaturated/α-hetero) is 1. The summed E-state index contributed by atoms with van der Waals surface area (Å²) in [4.78, 5) is 21.5. The first-order chi connectivity index (χ1) is 7.41. The molecule has 3 nitrogen and oxygen atoms in total. The van der Waals surface area contributed by atoms with Gasteiger partial charge < -0.3 is 4.74 Å². The number of hydrogen-bond acceptors (Lipinski definition) is 3. The number of ketones is 1. The molecule has 1 aromatic carbocycles. The van der Waals surface area contributed by atoms with Gasteiger partial charge in [0, 0.05) is 0 Å². The van der Waals surface area contributed by atoms with E-state index in [0.29, 0.717) is 6.07 Å². The molecule has 0 amide bonds. The van der Waals surface area contributed by atoms with Gasteiger partial charge in [-0.1, -0.05) is 0 Å². The molecule has 1 rings (SSSR count). The highest BCUT2D eigenvalue weighted by Crippen LogP contribution is 2.22. The zero-order valence-corrected chi connectivity index (χ0v) is 8.22. The molecule has 0 fully saturated rings. The van der Waals surface area contributed by atoms with Crippen LogP contribution in [0.1, 0.15) is 13.3 Å². The monoisotopic (exact) mass is 232 g/mol. The van der Waals surface area contributed by atoms with E-state index in [0.717, 1.165) is 13.0 Å². The lowest BCUT2D eigenvalue weighted by Crippen LogP contribution is -2.13. The molecular formula is C10H7F3O3. The van der Waals surface area contributed by atoms with Crippen LogP contribution in [0.2, 0.25) is 0 Å². The summed E-state index contributed by atoms with van der Waals surface area (Å²) in [6.07, 6.45) is -0.557. The molecule has 0 saturated carbocycles. The molecule has 16 heavy (non-hydrogen) atoms. The third-order valence-corrected chi connectivity index (χ3v) is 1.62. The maximum Gasteiger partial charge on any atom is 0.318 e. The molecule has 0 aliphatic carbocycles. The van der Waals surface area contributed by atoms with Crippen LogP contribution in [0.5, 0.6) is 5.75 Å². The van der Waals surface area contributed by atoms with E-state index in [4.69, 9.17) is 0 Å². The van der Waals surface area contributed by atoms with Crippen molar-refractivity contribution in [2.24, 2.45) is 0 Å². The Morgan fingerprint density at radius 1 is 1.19 bits per heavy atom. The summed E-state index contributed by atoms with van der Waals surface area (Å²) in [6, 6.07) is 1.39. The van der Waals surface area contributed by atoms with Gasteiger partial charge in [0.1, 0.15) is 12.2 Å².